The van der Waals surface area contributed by atoms with Crippen molar-refractivity contribution in [2.45, 2.75) is 32.6 Å². The number of nitrogens with one attached hydrogen (secondary N) is 1. The molecule has 4 heteroatoms. The number of unbranched alkanes of at least 4 members (excludes halogenated alkanes) is 2. The van der Waals surface area contributed by atoms with Crippen LogP contribution in [0.4, 0.5) is 0 Å². The summed E-state index contributed by atoms with van der Waals surface area (Å²) in [5.74, 6) is 0. The molecule has 0 atom stereocenters. The molecular formula is C13H29NO3. The molecule has 0 radical (unpaired) electrons. The van der Waals surface area contributed by atoms with Crippen molar-refractivity contribution in [1.29, 1.82) is 0 Å². The Labute approximate surface area is 106 Å². The van der Waals surface area contributed by atoms with Gasteiger partial charge in [-0.3, -0.25) is 0 Å². The average molecular weight is 247 g/mol. The summed E-state index contributed by atoms with van der Waals surface area (Å²) in [5, 5.41) is 3.31. The quantitative estimate of drug-likeness (QED) is 0.475. The van der Waals surface area contributed by atoms with Gasteiger partial charge >= 0.3 is 0 Å². The van der Waals surface area contributed by atoms with Crippen molar-refractivity contribution in [3.8, 4) is 0 Å². The summed E-state index contributed by atoms with van der Waals surface area (Å²) < 4.78 is 15.8. The third-order valence-corrected chi connectivity index (χ3v) is 2.39. The Morgan fingerprint density at radius 2 is 1.47 bits per heavy atom. The van der Waals surface area contributed by atoms with E-state index in [9.17, 15) is 0 Å². The van der Waals surface area contributed by atoms with Gasteiger partial charge in [0, 0.05) is 26.9 Å². The van der Waals surface area contributed by atoms with Crippen LogP contribution in [-0.4, -0.2) is 53.2 Å². The minimum absolute atomic E-state index is 0.723. The average Bonchev–Trinajstić information content (AvgIpc) is 2.35. The molecule has 0 unspecified atom stereocenters. The van der Waals surface area contributed by atoms with Crippen molar-refractivity contribution in [1.82, 2.24) is 5.32 Å². The topological polar surface area (TPSA) is 39.7 Å². The van der Waals surface area contributed by atoms with Gasteiger partial charge in [-0.05, 0) is 25.8 Å². The van der Waals surface area contributed by atoms with Gasteiger partial charge in [0.1, 0.15) is 0 Å². The first-order valence-electron chi connectivity index (χ1n) is 6.77. The highest BCUT2D eigenvalue weighted by molar-refractivity contribution is 4.47. The van der Waals surface area contributed by atoms with Gasteiger partial charge in [0.25, 0.3) is 0 Å². The third kappa shape index (κ3) is 15.8. The van der Waals surface area contributed by atoms with E-state index in [1.54, 1.807) is 7.11 Å². The first-order chi connectivity index (χ1) is 8.41. The summed E-state index contributed by atoms with van der Waals surface area (Å²) in [5.41, 5.74) is 0. The Kier molecular flexibility index (Phi) is 15.7. The first kappa shape index (κ1) is 16.8. The maximum absolute atomic E-state index is 5.46. The van der Waals surface area contributed by atoms with Gasteiger partial charge in [0.2, 0.25) is 0 Å². The second kappa shape index (κ2) is 15.8. The van der Waals surface area contributed by atoms with Gasteiger partial charge in [-0.15, -0.1) is 0 Å². The Balaban J connectivity index is 2.85. The molecule has 0 bridgehead atoms. The van der Waals surface area contributed by atoms with Gasteiger partial charge in [-0.2, -0.15) is 0 Å². The zero-order valence-corrected chi connectivity index (χ0v) is 11.5. The molecule has 0 rings (SSSR count). The lowest BCUT2D eigenvalue weighted by molar-refractivity contribution is 0.0454. The summed E-state index contributed by atoms with van der Waals surface area (Å²) in [4.78, 5) is 0. The maximum atomic E-state index is 5.46. The fraction of sp³-hybridized carbons (Fsp3) is 1.00. The van der Waals surface area contributed by atoms with Gasteiger partial charge in [0.05, 0.1) is 19.8 Å². The Bertz CT molecular complexity index is 120. The van der Waals surface area contributed by atoms with Gasteiger partial charge in [0.15, 0.2) is 0 Å². The lowest BCUT2D eigenvalue weighted by Crippen LogP contribution is -2.20. The lowest BCUT2D eigenvalue weighted by atomic mass is 10.3. The van der Waals surface area contributed by atoms with E-state index < -0.39 is 0 Å². The predicted octanol–water partition coefficient (Wildman–Crippen LogP) is 1.84. The second-order valence-corrected chi connectivity index (χ2v) is 4.03. The van der Waals surface area contributed by atoms with E-state index in [0.717, 1.165) is 65.4 Å². The SMILES string of the molecule is CCCCOCCOCCCCNCCOC. The van der Waals surface area contributed by atoms with E-state index in [1.807, 2.05) is 0 Å². The van der Waals surface area contributed by atoms with Crippen LogP contribution in [0.2, 0.25) is 0 Å². The molecule has 0 amide bonds. The molecule has 0 spiro atoms. The molecule has 4 nitrogen and oxygen atoms in total. The van der Waals surface area contributed by atoms with Crippen molar-refractivity contribution in [2.75, 3.05) is 53.2 Å². The van der Waals surface area contributed by atoms with E-state index >= 15 is 0 Å². The van der Waals surface area contributed by atoms with Crippen molar-refractivity contribution in [2.24, 2.45) is 0 Å². The molecule has 104 valence electrons. The standard InChI is InChI=1S/C13H29NO3/c1-3-4-9-16-12-13-17-10-6-5-7-14-8-11-15-2/h14H,3-13H2,1-2H3. The molecule has 0 aliphatic carbocycles. The number of rotatable bonds is 14. The molecule has 0 saturated heterocycles. The highest BCUT2D eigenvalue weighted by Gasteiger charge is 1.91. The fourth-order valence-corrected chi connectivity index (χ4v) is 1.32. The van der Waals surface area contributed by atoms with Crippen LogP contribution in [-0.2, 0) is 14.2 Å². The van der Waals surface area contributed by atoms with Crippen LogP contribution in [0.25, 0.3) is 0 Å². The van der Waals surface area contributed by atoms with Crippen molar-refractivity contribution in [3.05, 3.63) is 0 Å². The molecule has 0 aliphatic rings. The zero-order valence-electron chi connectivity index (χ0n) is 11.5. The Hall–Kier alpha value is -0.160. The molecule has 0 aromatic rings. The highest BCUT2D eigenvalue weighted by Crippen LogP contribution is 1.90. The van der Waals surface area contributed by atoms with Crippen LogP contribution >= 0.6 is 0 Å². The van der Waals surface area contributed by atoms with Gasteiger partial charge in [-0.1, -0.05) is 13.3 Å². The van der Waals surface area contributed by atoms with Crippen molar-refractivity contribution >= 4 is 0 Å². The van der Waals surface area contributed by atoms with Crippen LogP contribution < -0.4 is 5.32 Å². The van der Waals surface area contributed by atoms with Gasteiger partial charge < -0.3 is 19.5 Å². The number of hydrogen-bond acceptors (Lipinski definition) is 4. The zero-order chi connectivity index (χ0) is 12.6. The molecule has 0 aromatic carbocycles. The predicted molar refractivity (Wildman–Crippen MR) is 70.5 cm³/mol. The summed E-state index contributed by atoms with van der Waals surface area (Å²) in [6.45, 7) is 8.08. The van der Waals surface area contributed by atoms with E-state index in [1.165, 1.54) is 6.42 Å². The van der Waals surface area contributed by atoms with Gasteiger partial charge in [-0.25, -0.2) is 0 Å². The van der Waals surface area contributed by atoms with Crippen LogP contribution in [0.5, 0.6) is 0 Å². The molecule has 0 saturated carbocycles. The van der Waals surface area contributed by atoms with Crippen molar-refractivity contribution < 1.29 is 14.2 Å². The highest BCUT2D eigenvalue weighted by atomic mass is 16.5. The molecule has 17 heavy (non-hydrogen) atoms. The first-order valence-corrected chi connectivity index (χ1v) is 6.77. The summed E-state index contributed by atoms with van der Waals surface area (Å²) in [6, 6.07) is 0. The summed E-state index contributed by atoms with van der Waals surface area (Å²) >= 11 is 0. The number of methoxy groups -OCH3 is 1. The third-order valence-electron chi connectivity index (χ3n) is 2.39. The minimum Gasteiger partial charge on any atom is -0.383 e. The van der Waals surface area contributed by atoms with Crippen LogP contribution in [0.15, 0.2) is 0 Å². The molecular weight excluding hydrogens is 218 g/mol. The Morgan fingerprint density at radius 1 is 0.765 bits per heavy atom. The van der Waals surface area contributed by atoms with E-state index in [2.05, 4.69) is 12.2 Å². The van der Waals surface area contributed by atoms with Crippen LogP contribution in [0.1, 0.15) is 32.6 Å². The van der Waals surface area contributed by atoms with E-state index in [-0.39, 0.29) is 0 Å². The number of hydrogen-bond donors (Lipinski definition) is 1. The van der Waals surface area contributed by atoms with Crippen LogP contribution in [0, 0.1) is 0 Å². The number of ether oxygens (including phenoxy) is 3. The Morgan fingerprint density at radius 3 is 2.12 bits per heavy atom. The van der Waals surface area contributed by atoms with Crippen molar-refractivity contribution in [3.63, 3.8) is 0 Å². The smallest absolute Gasteiger partial charge is 0.0700 e. The molecule has 0 fully saturated rings. The molecule has 1 N–H and O–H groups in total. The van der Waals surface area contributed by atoms with Crippen LogP contribution in [0.3, 0.4) is 0 Å². The molecule has 0 heterocycles. The monoisotopic (exact) mass is 247 g/mol. The second-order valence-electron chi connectivity index (χ2n) is 4.03. The maximum Gasteiger partial charge on any atom is 0.0700 e. The normalized spacial score (nSPS) is 10.9. The lowest BCUT2D eigenvalue weighted by Gasteiger charge is -2.06. The molecule has 0 aromatic heterocycles. The summed E-state index contributed by atoms with van der Waals surface area (Å²) in [6.07, 6.45) is 4.60. The largest absolute Gasteiger partial charge is 0.383 e. The molecule has 0 aliphatic heterocycles. The summed E-state index contributed by atoms with van der Waals surface area (Å²) in [7, 11) is 1.72. The van der Waals surface area contributed by atoms with E-state index in [4.69, 9.17) is 14.2 Å². The fourth-order valence-electron chi connectivity index (χ4n) is 1.32. The van der Waals surface area contributed by atoms with E-state index in [0.29, 0.717) is 0 Å². The minimum atomic E-state index is 0.723.